The van der Waals surface area contributed by atoms with Crippen LogP contribution in [0.25, 0.3) is 5.13 Å². The topological polar surface area (TPSA) is 46.9 Å². The molecule has 1 aromatic carbocycles. The maximum absolute atomic E-state index is 12.7. The van der Waals surface area contributed by atoms with E-state index in [2.05, 4.69) is 47.7 Å². The Morgan fingerprint density at radius 2 is 1.92 bits per heavy atom. The number of thioether (sulfide) groups is 1. The summed E-state index contributed by atoms with van der Waals surface area (Å²) >= 11 is 3.19. The number of rotatable bonds is 8. The number of benzene rings is 1. The second-order valence-electron chi connectivity index (χ2n) is 5.97. The van der Waals surface area contributed by atoms with Gasteiger partial charge < -0.3 is 9.88 Å². The summed E-state index contributed by atoms with van der Waals surface area (Å²) in [6.45, 7) is 2.73. The summed E-state index contributed by atoms with van der Waals surface area (Å²) in [5.41, 5.74) is 2.12. The summed E-state index contributed by atoms with van der Waals surface area (Å²) in [5, 5.41) is 3.89. The summed E-state index contributed by atoms with van der Waals surface area (Å²) in [4.78, 5) is 19.3. The van der Waals surface area contributed by atoms with Crippen LogP contribution in [0.2, 0.25) is 0 Å². The van der Waals surface area contributed by atoms with Gasteiger partial charge in [0.2, 0.25) is 0 Å². The van der Waals surface area contributed by atoms with Crippen molar-refractivity contribution in [3.8, 4) is 5.13 Å². The zero-order chi connectivity index (χ0) is 18.4. The fraction of sp³-hybridized carbons (Fsp3) is 0.300. The van der Waals surface area contributed by atoms with Crippen LogP contribution in [0.4, 0.5) is 0 Å². The first kappa shape index (κ1) is 18.7. The maximum atomic E-state index is 12.7. The Morgan fingerprint density at radius 3 is 2.58 bits per heavy atom. The Kier molecular flexibility index (Phi) is 6.52. The highest BCUT2D eigenvalue weighted by molar-refractivity contribution is 7.98. The molecule has 0 saturated carbocycles. The third-order valence-electron chi connectivity index (χ3n) is 4.06. The quantitative estimate of drug-likeness (QED) is 0.577. The van der Waals surface area contributed by atoms with Gasteiger partial charge in [-0.3, -0.25) is 4.79 Å². The second-order valence-corrected chi connectivity index (χ2v) is 7.82. The van der Waals surface area contributed by atoms with Crippen molar-refractivity contribution in [1.82, 2.24) is 14.9 Å². The Hall–Kier alpha value is -2.05. The van der Waals surface area contributed by atoms with Gasteiger partial charge in [-0.2, -0.15) is 0 Å². The molecule has 2 heterocycles. The molecule has 0 radical (unpaired) electrons. The number of thiazole rings is 1. The van der Waals surface area contributed by atoms with Crippen LogP contribution >= 0.6 is 23.1 Å². The smallest absolute Gasteiger partial charge is 0.263 e. The molecule has 3 rings (SSSR count). The van der Waals surface area contributed by atoms with Crippen LogP contribution in [0.3, 0.4) is 0 Å². The molecule has 0 aliphatic rings. The van der Waals surface area contributed by atoms with Crippen molar-refractivity contribution in [3.63, 3.8) is 0 Å². The SMILES string of the molecule is CCCc1nc(-n2cccc2)sc1C(=O)NCCc1ccc(SC)cc1. The number of aryl methyl sites for hydroxylation is 1. The molecule has 0 aliphatic carbocycles. The van der Waals surface area contributed by atoms with Gasteiger partial charge in [-0.25, -0.2) is 4.98 Å². The minimum Gasteiger partial charge on any atom is -0.351 e. The predicted molar refractivity (Wildman–Crippen MR) is 110 cm³/mol. The van der Waals surface area contributed by atoms with Crippen molar-refractivity contribution in [2.24, 2.45) is 0 Å². The van der Waals surface area contributed by atoms with Gasteiger partial charge >= 0.3 is 0 Å². The van der Waals surface area contributed by atoms with Crippen LogP contribution in [0.15, 0.2) is 53.7 Å². The predicted octanol–water partition coefficient (Wildman–Crippen LogP) is 4.58. The molecular formula is C20H23N3OS2. The highest BCUT2D eigenvalue weighted by Crippen LogP contribution is 2.23. The minimum absolute atomic E-state index is 0.0231. The first-order chi connectivity index (χ1) is 12.7. The van der Waals surface area contributed by atoms with Gasteiger partial charge in [0.15, 0.2) is 5.13 Å². The number of nitrogens with one attached hydrogen (secondary N) is 1. The molecule has 0 atom stereocenters. The molecule has 0 spiro atoms. The number of hydrogen-bond acceptors (Lipinski definition) is 4. The van der Waals surface area contributed by atoms with Gasteiger partial charge in [0.05, 0.1) is 5.69 Å². The summed E-state index contributed by atoms with van der Waals surface area (Å²) in [5.74, 6) is -0.0231. The van der Waals surface area contributed by atoms with E-state index in [9.17, 15) is 4.79 Å². The molecule has 1 N–H and O–H groups in total. The van der Waals surface area contributed by atoms with E-state index in [0.717, 1.165) is 35.0 Å². The van der Waals surface area contributed by atoms with E-state index in [1.807, 2.05) is 29.1 Å². The van der Waals surface area contributed by atoms with Crippen LogP contribution in [-0.4, -0.2) is 28.3 Å². The lowest BCUT2D eigenvalue weighted by Crippen LogP contribution is -2.25. The first-order valence-electron chi connectivity index (χ1n) is 8.75. The zero-order valence-corrected chi connectivity index (χ0v) is 16.7. The molecule has 0 aliphatic heterocycles. The summed E-state index contributed by atoms with van der Waals surface area (Å²) < 4.78 is 1.95. The molecule has 4 nitrogen and oxygen atoms in total. The fourth-order valence-corrected chi connectivity index (χ4v) is 4.09. The number of amides is 1. The molecule has 0 unspecified atom stereocenters. The van der Waals surface area contributed by atoms with E-state index >= 15 is 0 Å². The summed E-state index contributed by atoms with van der Waals surface area (Å²) in [6.07, 6.45) is 8.59. The summed E-state index contributed by atoms with van der Waals surface area (Å²) in [7, 11) is 0. The lowest BCUT2D eigenvalue weighted by atomic mass is 10.1. The highest BCUT2D eigenvalue weighted by atomic mass is 32.2. The van der Waals surface area contributed by atoms with Crippen LogP contribution < -0.4 is 5.32 Å². The number of hydrogen-bond donors (Lipinski definition) is 1. The maximum Gasteiger partial charge on any atom is 0.263 e. The third-order valence-corrected chi connectivity index (χ3v) is 5.92. The normalized spacial score (nSPS) is 10.8. The number of carbonyl (C=O) groups excluding carboxylic acids is 1. The second kappa shape index (κ2) is 9.05. The zero-order valence-electron chi connectivity index (χ0n) is 15.1. The van der Waals surface area contributed by atoms with Crippen LogP contribution in [0, 0.1) is 0 Å². The molecule has 3 aromatic rings. The van der Waals surface area contributed by atoms with Crippen molar-refractivity contribution >= 4 is 29.0 Å². The Morgan fingerprint density at radius 1 is 1.19 bits per heavy atom. The highest BCUT2D eigenvalue weighted by Gasteiger charge is 2.18. The Labute approximate surface area is 162 Å². The molecule has 0 saturated heterocycles. The van der Waals surface area contributed by atoms with E-state index in [4.69, 9.17) is 0 Å². The average molecular weight is 386 g/mol. The standard InChI is InChI=1S/C20H23N3OS2/c1-3-6-17-18(26-20(22-17)23-13-4-5-14-23)19(24)21-12-11-15-7-9-16(25-2)10-8-15/h4-5,7-10,13-14H,3,6,11-12H2,1-2H3,(H,21,24). The molecule has 0 bridgehead atoms. The van der Waals surface area contributed by atoms with Gasteiger partial charge in [-0.05, 0) is 48.9 Å². The summed E-state index contributed by atoms with van der Waals surface area (Å²) in [6, 6.07) is 12.4. The van der Waals surface area contributed by atoms with Crippen molar-refractivity contribution < 1.29 is 4.79 Å². The van der Waals surface area contributed by atoms with Crippen LogP contribution in [-0.2, 0) is 12.8 Å². The number of nitrogens with zero attached hydrogens (tertiary/aromatic N) is 2. The Balaban J connectivity index is 1.64. The van der Waals surface area contributed by atoms with Gasteiger partial charge in [0.25, 0.3) is 5.91 Å². The molecule has 0 fully saturated rings. The van der Waals surface area contributed by atoms with Gasteiger partial charge in [-0.15, -0.1) is 11.8 Å². The first-order valence-corrected chi connectivity index (χ1v) is 10.8. The van der Waals surface area contributed by atoms with Gasteiger partial charge in [0.1, 0.15) is 4.88 Å². The molecule has 26 heavy (non-hydrogen) atoms. The third kappa shape index (κ3) is 4.56. The monoisotopic (exact) mass is 385 g/mol. The number of carbonyl (C=O) groups is 1. The van der Waals surface area contributed by atoms with Crippen LogP contribution in [0.1, 0.15) is 34.3 Å². The molecular weight excluding hydrogens is 362 g/mol. The van der Waals surface area contributed by atoms with Gasteiger partial charge in [-0.1, -0.05) is 36.8 Å². The van der Waals surface area contributed by atoms with E-state index in [1.165, 1.54) is 21.8 Å². The van der Waals surface area contributed by atoms with Gasteiger partial charge in [0, 0.05) is 23.8 Å². The largest absolute Gasteiger partial charge is 0.351 e. The van der Waals surface area contributed by atoms with Crippen LogP contribution in [0.5, 0.6) is 0 Å². The minimum atomic E-state index is -0.0231. The van der Waals surface area contributed by atoms with E-state index in [0.29, 0.717) is 6.54 Å². The lowest BCUT2D eigenvalue weighted by Gasteiger charge is -2.06. The van der Waals surface area contributed by atoms with Crippen molar-refractivity contribution in [2.75, 3.05) is 12.8 Å². The van der Waals surface area contributed by atoms with E-state index in [1.54, 1.807) is 11.8 Å². The van der Waals surface area contributed by atoms with E-state index in [-0.39, 0.29) is 5.91 Å². The molecule has 1 amide bonds. The Bertz CT molecular complexity index is 839. The number of aromatic nitrogens is 2. The van der Waals surface area contributed by atoms with Crippen molar-refractivity contribution in [1.29, 1.82) is 0 Å². The average Bonchev–Trinajstić information content (AvgIpc) is 3.32. The molecule has 6 heteroatoms. The fourth-order valence-electron chi connectivity index (χ4n) is 2.69. The lowest BCUT2D eigenvalue weighted by molar-refractivity contribution is 0.0957. The molecule has 136 valence electrons. The molecule has 2 aromatic heterocycles. The van der Waals surface area contributed by atoms with Crippen molar-refractivity contribution in [3.05, 3.63) is 64.9 Å². The van der Waals surface area contributed by atoms with Crippen molar-refractivity contribution in [2.45, 2.75) is 31.1 Å². The van der Waals surface area contributed by atoms with E-state index < -0.39 is 0 Å².